The Labute approximate surface area is 165 Å². The number of carbonyl (C=O) groups excluding carboxylic acids is 2. The number of urea groups is 1. The zero-order valence-electron chi connectivity index (χ0n) is 14.9. The molecule has 1 heterocycles. The third kappa shape index (κ3) is 3.68. The highest BCUT2D eigenvalue weighted by Gasteiger charge is 2.38. The highest BCUT2D eigenvalue weighted by Crippen LogP contribution is 2.39. The molecule has 6 nitrogen and oxygen atoms in total. The summed E-state index contributed by atoms with van der Waals surface area (Å²) in [6.45, 7) is 1.91. The normalized spacial score (nSPS) is 16.9. The van der Waals surface area contributed by atoms with E-state index in [1.165, 1.54) is 11.0 Å². The third-order valence-electron chi connectivity index (χ3n) is 4.29. The Morgan fingerprint density at radius 2 is 1.96 bits per heavy atom. The van der Waals surface area contributed by atoms with Gasteiger partial charge in [-0.1, -0.05) is 46.3 Å². The molecule has 0 saturated heterocycles. The first-order valence-electron chi connectivity index (χ1n) is 8.43. The molecular weight excluding hydrogens is 412 g/mol. The first kappa shape index (κ1) is 19.0. The highest BCUT2D eigenvalue weighted by atomic mass is 79.9. The second-order valence-electron chi connectivity index (χ2n) is 5.99. The fourth-order valence-corrected chi connectivity index (χ4v) is 3.45. The number of rotatable bonds is 4. The largest absolute Gasteiger partial charge is 0.508 e. The fraction of sp³-hybridized carbons (Fsp3) is 0.200. The number of benzene rings is 2. The lowest BCUT2D eigenvalue weighted by Gasteiger charge is -2.35. The summed E-state index contributed by atoms with van der Waals surface area (Å²) >= 11 is 3.37. The van der Waals surface area contributed by atoms with E-state index in [0.29, 0.717) is 21.3 Å². The van der Waals surface area contributed by atoms with Crippen molar-refractivity contribution in [1.82, 2.24) is 10.2 Å². The van der Waals surface area contributed by atoms with Gasteiger partial charge in [-0.05, 0) is 30.7 Å². The lowest BCUT2D eigenvalue weighted by atomic mass is 9.91. The summed E-state index contributed by atoms with van der Waals surface area (Å²) in [5.74, 6) is -0.574. The molecule has 2 N–H and O–H groups in total. The van der Waals surface area contributed by atoms with Gasteiger partial charge in [0.1, 0.15) is 5.75 Å². The molecule has 0 spiro atoms. The lowest BCUT2D eigenvalue weighted by molar-refractivity contribution is -0.138. The number of nitrogens with zero attached hydrogens (tertiary/aromatic N) is 1. The number of phenolic OH excluding ortho intramolecular Hbond substituents is 1. The molecule has 27 heavy (non-hydrogen) atoms. The molecule has 1 unspecified atom stereocenters. The van der Waals surface area contributed by atoms with E-state index in [0.717, 1.165) is 0 Å². The summed E-state index contributed by atoms with van der Waals surface area (Å²) < 4.78 is 5.99. The zero-order valence-corrected chi connectivity index (χ0v) is 16.5. The van der Waals surface area contributed by atoms with Crippen molar-refractivity contribution in [1.29, 1.82) is 0 Å². The van der Waals surface area contributed by atoms with E-state index < -0.39 is 12.0 Å². The Balaban J connectivity index is 2.28. The van der Waals surface area contributed by atoms with Crippen LogP contribution in [0.2, 0.25) is 0 Å². The maximum absolute atomic E-state index is 12.9. The number of carbonyl (C=O) groups is 2. The number of halogens is 1. The smallest absolute Gasteiger partial charge is 0.338 e. The Bertz CT molecular complexity index is 911. The average Bonchev–Trinajstić information content (AvgIpc) is 2.66. The van der Waals surface area contributed by atoms with Crippen molar-refractivity contribution in [2.45, 2.75) is 13.0 Å². The molecular formula is C20H19BrN2O4. The number of amides is 2. The van der Waals surface area contributed by atoms with Crippen LogP contribution in [0, 0.1) is 0 Å². The van der Waals surface area contributed by atoms with Crippen molar-refractivity contribution in [3.05, 3.63) is 69.7 Å². The van der Waals surface area contributed by atoms with Crippen molar-refractivity contribution in [3.8, 4) is 5.75 Å². The molecule has 0 saturated carbocycles. The molecule has 7 heteroatoms. The van der Waals surface area contributed by atoms with Gasteiger partial charge in [-0.15, -0.1) is 0 Å². The van der Waals surface area contributed by atoms with Crippen molar-refractivity contribution >= 4 is 33.6 Å². The van der Waals surface area contributed by atoms with Crippen LogP contribution in [0.5, 0.6) is 5.75 Å². The van der Waals surface area contributed by atoms with Crippen LogP contribution in [-0.2, 0) is 9.53 Å². The molecule has 2 aromatic rings. The summed E-state index contributed by atoms with van der Waals surface area (Å²) in [6.07, 6.45) is 0. The Morgan fingerprint density at radius 1 is 1.26 bits per heavy atom. The number of hydrogen-bond donors (Lipinski definition) is 2. The van der Waals surface area contributed by atoms with Crippen LogP contribution in [0.4, 0.5) is 4.79 Å². The second kappa shape index (κ2) is 7.84. The molecule has 2 aromatic carbocycles. The molecule has 0 fully saturated rings. The average molecular weight is 431 g/mol. The molecule has 0 aliphatic carbocycles. The summed E-state index contributed by atoms with van der Waals surface area (Å²) in [5, 5.41) is 13.2. The van der Waals surface area contributed by atoms with Gasteiger partial charge in [0.05, 0.1) is 23.9 Å². The zero-order chi connectivity index (χ0) is 19.6. The van der Waals surface area contributed by atoms with Crippen LogP contribution >= 0.6 is 15.9 Å². The van der Waals surface area contributed by atoms with E-state index in [1.807, 2.05) is 30.3 Å². The molecule has 1 aliphatic heterocycles. The van der Waals surface area contributed by atoms with Crippen molar-refractivity contribution < 1.29 is 19.4 Å². The third-order valence-corrected chi connectivity index (χ3v) is 4.79. The van der Waals surface area contributed by atoms with Crippen LogP contribution in [0.3, 0.4) is 0 Å². The van der Waals surface area contributed by atoms with Crippen molar-refractivity contribution in [2.24, 2.45) is 0 Å². The Morgan fingerprint density at radius 3 is 2.63 bits per heavy atom. The van der Waals surface area contributed by atoms with Gasteiger partial charge in [0.2, 0.25) is 0 Å². The topological polar surface area (TPSA) is 78.9 Å². The van der Waals surface area contributed by atoms with E-state index in [2.05, 4.69) is 21.2 Å². The Hall–Kier alpha value is -2.80. The predicted molar refractivity (Wildman–Crippen MR) is 105 cm³/mol. The number of hydrogen-bond acceptors (Lipinski definition) is 4. The van der Waals surface area contributed by atoms with Gasteiger partial charge in [0.25, 0.3) is 0 Å². The molecule has 3 rings (SSSR count). The monoisotopic (exact) mass is 430 g/mol. The lowest BCUT2D eigenvalue weighted by Crippen LogP contribution is -2.46. The van der Waals surface area contributed by atoms with E-state index in [1.54, 1.807) is 26.1 Å². The summed E-state index contributed by atoms with van der Waals surface area (Å²) in [4.78, 5) is 26.9. The predicted octanol–water partition coefficient (Wildman–Crippen LogP) is 3.83. The van der Waals surface area contributed by atoms with Crippen LogP contribution in [0.15, 0.2) is 58.6 Å². The van der Waals surface area contributed by atoms with E-state index in [-0.39, 0.29) is 24.0 Å². The quantitative estimate of drug-likeness (QED) is 0.722. The minimum Gasteiger partial charge on any atom is -0.508 e. The summed E-state index contributed by atoms with van der Waals surface area (Å²) in [7, 11) is 1.59. The first-order chi connectivity index (χ1) is 12.9. The number of aromatic hydroxyl groups is 1. The molecule has 2 amide bonds. The molecule has 1 atom stereocenters. The van der Waals surface area contributed by atoms with Gasteiger partial charge in [-0.3, -0.25) is 4.90 Å². The molecule has 140 valence electrons. The molecule has 1 aliphatic rings. The SMILES string of the molecule is CCOC(=O)C1=C(c2ccccc2)N(C)C(=O)NC1c1cc(Br)ccc1O. The maximum Gasteiger partial charge on any atom is 0.338 e. The van der Waals surface area contributed by atoms with E-state index in [9.17, 15) is 14.7 Å². The van der Waals surface area contributed by atoms with Gasteiger partial charge in [-0.2, -0.15) is 0 Å². The van der Waals surface area contributed by atoms with E-state index in [4.69, 9.17) is 4.74 Å². The van der Waals surface area contributed by atoms with Crippen molar-refractivity contribution in [3.63, 3.8) is 0 Å². The van der Waals surface area contributed by atoms with Crippen molar-refractivity contribution in [2.75, 3.05) is 13.7 Å². The van der Waals surface area contributed by atoms with Gasteiger partial charge < -0.3 is 15.2 Å². The number of ether oxygens (including phenoxy) is 1. The van der Waals surface area contributed by atoms with Crippen LogP contribution in [0.1, 0.15) is 24.1 Å². The van der Waals surface area contributed by atoms with Gasteiger partial charge in [0.15, 0.2) is 0 Å². The van der Waals surface area contributed by atoms with Crippen LogP contribution in [-0.4, -0.2) is 35.7 Å². The standard InChI is InChI=1S/C20H19BrN2O4/c1-3-27-19(25)16-17(14-11-13(21)9-10-15(14)24)22-20(26)23(2)18(16)12-7-5-4-6-8-12/h4-11,17,24H,3H2,1-2H3,(H,22,26). The fourth-order valence-electron chi connectivity index (χ4n) is 3.07. The van der Waals surface area contributed by atoms with Gasteiger partial charge in [-0.25, -0.2) is 9.59 Å². The molecule has 0 aromatic heterocycles. The summed E-state index contributed by atoms with van der Waals surface area (Å²) in [5.41, 5.74) is 1.82. The number of phenols is 1. The minimum absolute atomic E-state index is 0.0257. The Kier molecular flexibility index (Phi) is 5.51. The second-order valence-corrected chi connectivity index (χ2v) is 6.91. The van der Waals surface area contributed by atoms with Crippen LogP contribution in [0.25, 0.3) is 5.70 Å². The molecule has 0 radical (unpaired) electrons. The minimum atomic E-state index is -0.847. The first-order valence-corrected chi connectivity index (χ1v) is 9.22. The van der Waals surface area contributed by atoms with Crippen LogP contribution < -0.4 is 5.32 Å². The van der Waals surface area contributed by atoms with Gasteiger partial charge >= 0.3 is 12.0 Å². The van der Waals surface area contributed by atoms with E-state index >= 15 is 0 Å². The maximum atomic E-state index is 12.9. The number of nitrogens with one attached hydrogen (secondary N) is 1. The van der Waals surface area contributed by atoms with Gasteiger partial charge in [0, 0.05) is 17.1 Å². The highest BCUT2D eigenvalue weighted by molar-refractivity contribution is 9.10. The molecule has 0 bridgehead atoms. The number of esters is 1. The summed E-state index contributed by atoms with van der Waals surface area (Å²) in [6, 6.07) is 12.8.